The number of aliphatic hydroxyl groups is 1. The van der Waals surface area contributed by atoms with E-state index in [1.807, 2.05) is 19.2 Å². The van der Waals surface area contributed by atoms with Gasteiger partial charge in [0.25, 0.3) is 0 Å². The Morgan fingerprint density at radius 2 is 2.14 bits per heavy atom. The zero-order valence-corrected chi connectivity index (χ0v) is 9.45. The smallest absolute Gasteiger partial charge is 0.0906 e. The summed E-state index contributed by atoms with van der Waals surface area (Å²) in [4.78, 5) is 4.06. The molecule has 76 valence electrons. The van der Waals surface area contributed by atoms with Crippen molar-refractivity contribution >= 4 is 8.58 Å². The summed E-state index contributed by atoms with van der Waals surface area (Å²) in [5.74, 6) is 0. The maximum Gasteiger partial charge on any atom is 0.0906 e. The SMILES string of the molecule is Cc1cnccc1C1(O)CCPCC1. The summed E-state index contributed by atoms with van der Waals surface area (Å²) in [7, 11) is 1.03. The molecule has 1 aliphatic heterocycles. The summed E-state index contributed by atoms with van der Waals surface area (Å²) in [5.41, 5.74) is 1.62. The Bertz CT molecular complexity index is 321. The second-order valence-electron chi connectivity index (χ2n) is 3.97. The molecule has 0 aromatic carbocycles. The lowest BCUT2D eigenvalue weighted by Gasteiger charge is -2.33. The minimum absolute atomic E-state index is 0.571. The molecule has 14 heavy (non-hydrogen) atoms. The maximum absolute atomic E-state index is 10.5. The Hall–Kier alpha value is -0.460. The molecule has 1 aromatic rings. The molecule has 1 aromatic heterocycles. The van der Waals surface area contributed by atoms with Gasteiger partial charge in [-0.1, -0.05) is 0 Å². The van der Waals surface area contributed by atoms with Crippen LogP contribution in [0.25, 0.3) is 0 Å². The second-order valence-corrected chi connectivity index (χ2v) is 5.47. The summed E-state index contributed by atoms with van der Waals surface area (Å²) >= 11 is 0. The monoisotopic (exact) mass is 209 g/mol. The fraction of sp³-hybridized carbons (Fsp3) is 0.545. The lowest BCUT2D eigenvalue weighted by atomic mass is 9.86. The molecule has 2 nitrogen and oxygen atoms in total. The van der Waals surface area contributed by atoms with Crippen molar-refractivity contribution in [2.75, 3.05) is 12.3 Å². The van der Waals surface area contributed by atoms with Gasteiger partial charge in [0.15, 0.2) is 0 Å². The molecule has 0 saturated carbocycles. The number of rotatable bonds is 1. The van der Waals surface area contributed by atoms with Crippen molar-refractivity contribution in [3.05, 3.63) is 29.6 Å². The van der Waals surface area contributed by atoms with Gasteiger partial charge in [-0.15, -0.1) is 8.58 Å². The van der Waals surface area contributed by atoms with Crippen LogP contribution in [0, 0.1) is 6.92 Å². The zero-order valence-electron chi connectivity index (χ0n) is 8.45. The third kappa shape index (κ3) is 1.82. The average Bonchev–Trinajstić information content (AvgIpc) is 2.19. The summed E-state index contributed by atoms with van der Waals surface area (Å²) in [5, 5.41) is 10.5. The third-order valence-corrected chi connectivity index (χ3v) is 4.16. The highest BCUT2D eigenvalue weighted by molar-refractivity contribution is 7.38. The van der Waals surface area contributed by atoms with Crippen LogP contribution in [0.15, 0.2) is 18.5 Å². The minimum Gasteiger partial charge on any atom is -0.385 e. The Labute approximate surface area is 86.5 Å². The first kappa shape index (κ1) is 10.1. The quantitative estimate of drug-likeness (QED) is 0.718. The highest BCUT2D eigenvalue weighted by Gasteiger charge is 2.32. The van der Waals surface area contributed by atoms with Crippen LogP contribution in [-0.4, -0.2) is 22.4 Å². The van der Waals surface area contributed by atoms with Crippen LogP contribution in [0.1, 0.15) is 24.0 Å². The van der Waals surface area contributed by atoms with Gasteiger partial charge in [-0.05, 0) is 49.3 Å². The number of nitrogens with zero attached hydrogens (tertiary/aromatic N) is 1. The van der Waals surface area contributed by atoms with E-state index in [4.69, 9.17) is 0 Å². The topological polar surface area (TPSA) is 33.1 Å². The van der Waals surface area contributed by atoms with E-state index in [-0.39, 0.29) is 0 Å². The molecule has 1 fully saturated rings. The van der Waals surface area contributed by atoms with Crippen molar-refractivity contribution in [1.29, 1.82) is 0 Å². The molecule has 1 saturated heterocycles. The molecule has 3 heteroatoms. The van der Waals surface area contributed by atoms with Crippen molar-refractivity contribution in [2.45, 2.75) is 25.4 Å². The summed E-state index contributed by atoms with van der Waals surface area (Å²) < 4.78 is 0. The fourth-order valence-electron chi connectivity index (χ4n) is 2.11. The van der Waals surface area contributed by atoms with Gasteiger partial charge in [-0.3, -0.25) is 4.98 Å². The molecular weight excluding hydrogens is 193 g/mol. The second kappa shape index (κ2) is 3.96. The van der Waals surface area contributed by atoms with Crippen LogP contribution in [-0.2, 0) is 5.60 Å². The highest BCUT2D eigenvalue weighted by Crippen LogP contribution is 2.38. The standard InChI is InChI=1S/C11H16NOP/c1-9-8-12-5-2-10(9)11(13)3-6-14-7-4-11/h2,5,8,13-14H,3-4,6-7H2,1H3. The summed E-state index contributed by atoms with van der Waals surface area (Å²) in [6, 6.07) is 1.96. The average molecular weight is 209 g/mol. The first-order valence-electron chi connectivity index (χ1n) is 5.06. The van der Waals surface area contributed by atoms with E-state index in [9.17, 15) is 5.11 Å². The molecule has 0 bridgehead atoms. The van der Waals surface area contributed by atoms with Gasteiger partial charge in [-0.25, -0.2) is 0 Å². The third-order valence-electron chi connectivity index (χ3n) is 2.95. The van der Waals surface area contributed by atoms with E-state index in [2.05, 4.69) is 4.98 Å². The molecule has 0 amide bonds. The van der Waals surface area contributed by atoms with Gasteiger partial charge in [0.1, 0.15) is 0 Å². The van der Waals surface area contributed by atoms with Gasteiger partial charge < -0.3 is 5.11 Å². The number of aryl methyl sites for hydroxylation is 1. The Morgan fingerprint density at radius 3 is 2.79 bits per heavy atom. The molecule has 2 heterocycles. The van der Waals surface area contributed by atoms with E-state index in [0.29, 0.717) is 0 Å². The maximum atomic E-state index is 10.5. The van der Waals surface area contributed by atoms with Gasteiger partial charge in [0, 0.05) is 12.4 Å². The van der Waals surface area contributed by atoms with Gasteiger partial charge in [0.2, 0.25) is 0 Å². The normalized spacial score (nSPS) is 29.3. The molecular formula is C11H16NOP. The number of aromatic nitrogens is 1. The van der Waals surface area contributed by atoms with E-state index < -0.39 is 5.60 Å². The van der Waals surface area contributed by atoms with Crippen LogP contribution in [0.4, 0.5) is 0 Å². The Morgan fingerprint density at radius 1 is 1.43 bits per heavy atom. The van der Waals surface area contributed by atoms with Crippen LogP contribution in [0.5, 0.6) is 0 Å². The number of hydrogen-bond acceptors (Lipinski definition) is 2. The Kier molecular flexibility index (Phi) is 2.85. The van der Waals surface area contributed by atoms with Crippen molar-refractivity contribution in [3.8, 4) is 0 Å². The van der Waals surface area contributed by atoms with Gasteiger partial charge in [-0.2, -0.15) is 0 Å². The highest BCUT2D eigenvalue weighted by atomic mass is 31.1. The van der Waals surface area contributed by atoms with Crippen LogP contribution >= 0.6 is 8.58 Å². The Balaban J connectivity index is 2.32. The number of hydrogen-bond donors (Lipinski definition) is 1. The van der Waals surface area contributed by atoms with E-state index in [1.165, 1.54) is 0 Å². The lowest BCUT2D eigenvalue weighted by molar-refractivity contribution is 0.0268. The van der Waals surface area contributed by atoms with Crippen LogP contribution in [0.3, 0.4) is 0 Å². The summed E-state index contributed by atoms with van der Waals surface area (Å²) in [6.45, 7) is 2.02. The van der Waals surface area contributed by atoms with Crippen LogP contribution < -0.4 is 0 Å². The molecule has 0 spiro atoms. The van der Waals surface area contributed by atoms with Crippen molar-refractivity contribution in [1.82, 2.24) is 4.98 Å². The minimum atomic E-state index is -0.571. The predicted octanol–water partition coefficient (Wildman–Crippen LogP) is 2.05. The predicted molar refractivity (Wildman–Crippen MR) is 60.2 cm³/mol. The lowest BCUT2D eigenvalue weighted by Crippen LogP contribution is -2.30. The first-order chi connectivity index (χ1) is 6.72. The molecule has 0 radical (unpaired) electrons. The largest absolute Gasteiger partial charge is 0.385 e. The molecule has 0 atom stereocenters. The van der Waals surface area contributed by atoms with Crippen LogP contribution in [0.2, 0.25) is 0 Å². The van der Waals surface area contributed by atoms with Crippen molar-refractivity contribution in [3.63, 3.8) is 0 Å². The van der Waals surface area contributed by atoms with E-state index in [0.717, 1.165) is 44.9 Å². The number of pyridine rings is 1. The summed E-state index contributed by atoms with van der Waals surface area (Å²) in [6.07, 6.45) is 7.77. The fourth-order valence-corrected chi connectivity index (χ4v) is 3.54. The molecule has 1 aliphatic rings. The van der Waals surface area contributed by atoms with E-state index in [1.54, 1.807) is 6.20 Å². The molecule has 0 unspecified atom stereocenters. The zero-order chi connectivity index (χ0) is 10.0. The van der Waals surface area contributed by atoms with Crippen molar-refractivity contribution in [2.24, 2.45) is 0 Å². The molecule has 2 rings (SSSR count). The van der Waals surface area contributed by atoms with Gasteiger partial charge >= 0.3 is 0 Å². The van der Waals surface area contributed by atoms with Gasteiger partial charge in [0.05, 0.1) is 5.60 Å². The molecule has 0 aliphatic carbocycles. The van der Waals surface area contributed by atoms with Crippen molar-refractivity contribution < 1.29 is 5.11 Å². The molecule has 1 N–H and O–H groups in total. The first-order valence-corrected chi connectivity index (χ1v) is 6.48. The van der Waals surface area contributed by atoms with E-state index >= 15 is 0 Å².